The third kappa shape index (κ3) is 4.76. The number of carbonyl (C=O) groups is 2. The highest BCUT2D eigenvalue weighted by Crippen LogP contribution is 2.31. The van der Waals surface area contributed by atoms with Gasteiger partial charge in [0, 0.05) is 44.0 Å². The van der Waals surface area contributed by atoms with Crippen molar-refractivity contribution in [2.24, 2.45) is 0 Å². The number of nitrogens with zero attached hydrogens (tertiary/aromatic N) is 3. The lowest BCUT2D eigenvalue weighted by atomic mass is 10.0. The number of rotatable bonds is 7. The molecule has 0 bridgehead atoms. The number of aliphatic carboxylic acids is 1. The lowest BCUT2D eigenvalue weighted by Crippen LogP contribution is -2.51. The third-order valence-electron chi connectivity index (χ3n) is 5.99. The molecule has 1 atom stereocenters. The van der Waals surface area contributed by atoms with Crippen molar-refractivity contribution in [3.63, 3.8) is 0 Å². The zero-order valence-corrected chi connectivity index (χ0v) is 16.9. The Morgan fingerprint density at radius 2 is 1.96 bits per heavy atom. The SMILES string of the molecule is CCN(CC(=O)O)C1CCN(C(=O)NCCN2c3ccccc3CC2C)CC1. The summed E-state index contributed by atoms with van der Waals surface area (Å²) in [7, 11) is 0. The average molecular weight is 389 g/mol. The molecule has 2 heterocycles. The van der Waals surface area contributed by atoms with Gasteiger partial charge >= 0.3 is 12.0 Å². The summed E-state index contributed by atoms with van der Waals surface area (Å²) in [5.41, 5.74) is 2.66. The molecule has 1 aromatic carbocycles. The first-order valence-electron chi connectivity index (χ1n) is 10.3. The van der Waals surface area contributed by atoms with Crippen LogP contribution in [-0.2, 0) is 11.2 Å². The zero-order chi connectivity index (χ0) is 20.1. The van der Waals surface area contributed by atoms with Gasteiger partial charge in [0.1, 0.15) is 0 Å². The molecular formula is C21H32N4O3. The number of carboxylic acids is 1. The fourth-order valence-corrected chi connectivity index (χ4v) is 4.47. The second-order valence-corrected chi connectivity index (χ2v) is 7.78. The minimum atomic E-state index is -0.792. The van der Waals surface area contributed by atoms with Crippen LogP contribution in [-0.4, -0.2) is 78.3 Å². The Kier molecular flexibility index (Phi) is 6.78. The summed E-state index contributed by atoms with van der Waals surface area (Å²) >= 11 is 0. The largest absolute Gasteiger partial charge is 0.480 e. The summed E-state index contributed by atoms with van der Waals surface area (Å²) in [4.78, 5) is 29.7. The van der Waals surface area contributed by atoms with E-state index >= 15 is 0 Å². The number of likely N-dealkylation sites (N-methyl/N-ethyl adjacent to an activating group) is 1. The number of amides is 2. The second-order valence-electron chi connectivity index (χ2n) is 7.78. The molecule has 2 N–H and O–H groups in total. The van der Waals surface area contributed by atoms with Gasteiger partial charge in [0.05, 0.1) is 6.54 Å². The molecule has 2 aliphatic rings. The van der Waals surface area contributed by atoms with E-state index < -0.39 is 5.97 Å². The van der Waals surface area contributed by atoms with Gasteiger partial charge in [0.25, 0.3) is 0 Å². The number of nitrogens with one attached hydrogen (secondary N) is 1. The van der Waals surface area contributed by atoms with Crippen molar-refractivity contribution >= 4 is 17.7 Å². The van der Waals surface area contributed by atoms with Crippen molar-refractivity contribution in [1.29, 1.82) is 0 Å². The van der Waals surface area contributed by atoms with E-state index in [0.29, 0.717) is 25.7 Å². The fraction of sp³-hybridized carbons (Fsp3) is 0.619. The molecule has 0 aromatic heterocycles. The van der Waals surface area contributed by atoms with E-state index in [1.165, 1.54) is 11.3 Å². The van der Waals surface area contributed by atoms with E-state index in [1.54, 1.807) is 0 Å². The maximum Gasteiger partial charge on any atom is 0.317 e. The molecule has 1 unspecified atom stereocenters. The summed E-state index contributed by atoms with van der Waals surface area (Å²) in [6.45, 7) is 7.79. The molecule has 0 saturated carbocycles. The molecule has 1 aromatic rings. The van der Waals surface area contributed by atoms with Crippen LogP contribution in [0.25, 0.3) is 0 Å². The van der Waals surface area contributed by atoms with Crippen LogP contribution < -0.4 is 10.2 Å². The zero-order valence-electron chi connectivity index (χ0n) is 16.9. The van der Waals surface area contributed by atoms with Gasteiger partial charge in [-0.25, -0.2) is 4.79 Å². The monoisotopic (exact) mass is 388 g/mol. The van der Waals surface area contributed by atoms with Gasteiger partial charge in [-0.1, -0.05) is 25.1 Å². The first kappa shape index (κ1) is 20.5. The molecule has 0 radical (unpaired) electrons. The number of piperidine rings is 1. The number of carbonyl (C=O) groups excluding carboxylic acids is 1. The second kappa shape index (κ2) is 9.28. The first-order chi connectivity index (χ1) is 13.5. The van der Waals surface area contributed by atoms with Gasteiger partial charge < -0.3 is 20.2 Å². The van der Waals surface area contributed by atoms with Crippen LogP contribution in [0.2, 0.25) is 0 Å². The summed E-state index contributed by atoms with van der Waals surface area (Å²) in [6, 6.07) is 9.17. The summed E-state index contributed by atoms with van der Waals surface area (Å²) in [5, 5.41) is 12.1. The Balaban J connectivity index is 1.42. The molecule has 2 amide bonds. The topological polar surface area (TPSA) is 76.1 Å². The molecule has 0 spiro atoms. The Morgan fingerprint density at radius 3 is 2.64 bits per heavy atom. The van der Waals surface area contributed by atoms with E-state index in [4.69, 9.17) is 5.11 Å². The minimum absolute atomic E-state index is 0.0140. The number of hydrogen-bond acceptors (Lipinski definition) is 4. The number of anilines is 1. The summed E-state index contributed by atoms with van der Waals surface area (Å²) < 4.78 is 0. The Labute approximate surface area is 167 Å². The number of benzene rings is 1. The van der Waals surface area contributed by atoms with Gasteiger partial charge in [-0.3, -0.25) is 9.69 Å². The number of urea groups is 1. The molecular weight excluding hydrogens is 356 g/mol. The third-order valence-corrected chi connectivity index (χ3v) is 5.99. The highest BCUT2D eigenvalue weighted by atomic mass is 16.4. The van der Waals surface area contributed by atoms with Crippen molar-refractivity contribution in [3.05, 3.63) is 29.8 Å². The van der Waals surface area contributed by atoms with E-state index in [9.17, 15) is 9.59 Å². The highest BCUT2D eigenvalue weighted by molar-refractivity contribution is 5.74. The predicted octanol–water partition coefficient (Wildman–Crippen LogP) is 2.02. The Morgan fingerprint density at radius 1 is 1.25 bits per heavy atom. The molecule has 2 aliphatic heterocycles. The predicted molar refractivity (Wildman–Crippen MR) is 110 cm³/mol. The number of fused-ring (bicyclic) bond motifs is 1. The van der Waals surface area contributed by atoms with E-state index in [2.05, 4.69) is 41.4 Å². The minimum Gasteiger partial charge on any atom is -0.480 e. The fourth-order valence-electron chi connectivity index (χ4n) is 4.47. The van der Waals surface area contributed by atoms with Crippen LogP contribution >= 0.6 is 0 Å². The van der Waals surface area contributed by atoms with Gasteiger partial charge in [-0.15, -0.1) is 0 Å². The van der Waals surface area contributed by atoms with Gasteiger partial charge in [-0.05, 0) is 44.4 Å². The smallest absolute Gasteiger partial charge is 0.317 e. The number of carboxylic acid groups (broad SMARTS) is 1. The van der Waals surface area contributed by atoms with Gasteiger partial charge in [0.2, 0.25) is 0 Å². The van der Waals surface area contributed by atoms with E-state index in [-0.39, 0.29) is 18.6 Å². The average Bonchev–Trinajstić information content (AvgIpc) is 3.01. The lowest BCUT2D eigenvalue weighted by Gasteiger charge is -2.37. The summed E-state index contributed by atoms with van der Waals surface area (Å²) in [6.07, 6.45) is 2.71. The van der Waals surface area contributed by atoms with Crippen molar-refractivity contribution in [1.82, 2.24) is 15.1 Å². The quantitative estimate of drug-likeness (QED) is 0.747. The van der Waals surface area contributed by atoms with Crippen LogP contribution in [0.3, 0.4) is 0 Å². The van der Waals surface area contributed by atoms with Crippen molar-refractivity contribution < 1.29 is 14.7 Å². The Bertz CT molecular complexity index is 688. The number of para-hydroxylation sites is 1. The van der Waals surface area contributed by atoms with Crippen LogP contribution in [0, 0.1) is 0 Å². The first-order valence-corrected chi connectivity index (χ1v) is 10.3. The van der Waals surface area contributed by atoms with Crippen molar-refractivity contribution in [2.75, 3.05) is 44.2 Å². The number of likely N-dealkylation sites (tertiary alicyclic amines) is 1. The van der Waals surface area contributed by atoms with Crippen LogP contribution in [0.15, 0.2) is 24.3 Å². The summed E-state index contributed by atoms with van der Waals surface area (Å²) in [5.74, 6) is -0.792. The van der Waals surface area contributed by atoms with Gasteiger partial charge in [0.15, 0.2) is 0 Å². The standard InChI is InChI=1S/C21H32N4O3/c1-3-23(15-20(26)27)18-8-11-24(12-9-18)21(28)22-10-13-25-16(2)14-17-6-4-5-7-19(17)25/h4-7,16,18H,3,8-15H2,1-2H3,(H,22,28)(H,26,27). The molecule has 154 valence electrons. The molecule has 7 nitrogen and oxygen atoms in total. The normalized spacial score (nSPS) is 19.8. The molecule has 1 saturated heterocycles. The van der Waals surface area contributed by atoms with E-state index in [0.717, 1.165) is 32.4 Å². The van der Waals surface area contributed by atoms with E-state index in [1.807, 2.05) is 16.7 Å². The maximum atomic E-state index is 12.5. The van der Waals surface area contributed by atoms with Gasteiger partial charge in [-0.2, -0.15) is 0 Å². The highest BCUT2D eigenvalue weighted by Gasteiger charge is 2.28. The van der Waals surface area contributed by atoms with Crippen LogP contribution in [0.5, 0.6) is 0 Å². The molecule has 7 heteroatoms. The number of hydrogen-bond donors (Lipinski definition) is 2. The molecule has 28 heavy (non-hydrogen) atoms. The molecule has 1 fully saturated rings. The maximum absolute atomic E-state index is 12.5. The van der Waals surface area contributed by atoms with Crippen LogP contribution in [0.1, 0.15) is 32.3 Å². The Hall–Kier alpha value is -2.28. The van der Waals surface area contributed by atoms with Crippen LogP contribution in [0.4, 0.5) is 10.5 Å². The molecule has 0 aliphatic carbocycles. The molecule has 3 rings (SSSR count). The van der Waals surface area contributed by atoms with Crippen molar-refractivity contribution in [2.45, 2.75) is 45.2 Å². The van der Waals surface area contributed by atoms with Crippen molar-refractivity contribution in [3.8, 4) is 0 Å². The lowest BCUT2D eigenvalue weighted by molar-refractivity contribution is -0.139.